The topological polar surface area (TPSA) is 55.4 Å². The number of aromatic nitrogens is 4. The van der Waals surface area contributed by atoms with Crippen LogP contribution >= 0.6 is 11.6 Å². The molecule has 3 aromatic heterocycles. The molecule has 114 valence electrons. The molecule has 0 aromatic carbocycles. The minimum Gasteiger partial charge on any atom is -0.334 e. The highest BCUT2D eigenvalue weighted by atomic mass is 35.5. The molecule has 22 heavy (non-hydrogen) atoms. The number of hydrogen-bond acceptors (Lipinski definition) is 3. The Kier molecular flexibility index (Phi) is 3.62. The lowest BCUT2D eigenvalue weighted by Crippen LogP contribution is -2.27. The number of nitrogens with zero attached hydrogens (tertiary/aromatic N) is 5. The molecule has 3 rings (SSSR count). The molecule has 0 aliphatic heterocycles. The Balaban J connectivity index is 1.82. The van der Waals surface area contributed by atoms with Gasteiger partial charge in [-0.05, 0) is 19.1 Å². The standard InChI is InChI=1S/C15H16ClN5O/c1-10-13(16)14(18-20(10)3)15(22)19(2)8-11-9-21-7-5-4-6-12(21)17-11/h4-7,9H,8H2,1-3H3. The second kappa shape index (κ2) is 5.46. The first-order chi connectivity index (χ1) is 10.5. The molecule has 3 aromatic rings. The summed E-state index contributed by atoms with van der Waals surface area (Å²) in [6.07, 6.45) is 3.83. The quantitative estimate of drug-likeness (QED) is 0.745. The summed E-state index contributed by atoms with van der Waals surface area (Å²) in [5, 5.41) is 4.58. The number of pyridine rings is 1. The predicted octanol–water partition coefficient (Wildman–Crippen LogP) is 2.30. The third kappa shape index (κ3) is 2.46. The van der Waals surface area contributed by atoms with E-state index in [1.165, 1.54) is 0 Å². The van der Waals surface area contributed by atoms with Crippen molar-refractivity contribution in [2.75, 3.05) is 7.05 Å². The van der Waals surface area contributed by atoms with E-state index in [-0.39, 0.29) is 11.6 Å². The number of hydrogen-bond donors (Lipinski definition) is 0. The maximum Gasteiger partial charge on any atom is 0.276 e. The molecule has 0 spiro atoms. The summed E-state index contributed by atoms with van der Waals surface area (Å²) in [5.74, 6) is -0.217. The first-order valence-electron chi connectivity index (χ1n) is 6.84. The van der Waals surface area contributed by atoms with Gasteiger partial charge in [0.2, 0.25) is 0 Å². The predicted molar refractivity (Wildman–Crippen MR) is 83.9 cm³/mol. The largest absolute Gasteiger partial charge is 0.334 e. The van der Waals surface area contributed by atoms with Gasteiger partial charge >= 0.3 is 0 Å². The van der Waals surface area contributed by atoms with Crippen molar-refractivity contribution < 1.29 is 4.79 Å². The molecule has 1 amide bonds. The summed E-state index contributed by atoms with van der Waals surface area (Å²) in [6.45, 7) is 2.22. The minimum atomic E-state index is -0.217. The van der Waals surface area contributed by atoms with Gasteiger partial charge in [0.25, 0.3) is 5.91 Å². The second-order valence-electron chi connectivity index (χ2n) is 5.23. The van der Waals surface area contributed by atoms with Crippen molar-refractivity contribution in [2.45, 2.75) is 13.5 Å². The summed E-state index contributed by atoms with van der Waals surface area (Å²) in [5.41, 5.74) is 2.70. The van der Waals surface area contributed by atoms with E-state index < -0.39 is 0 Å². The molecule has 0 bridgehead atoms. The van der Waals surface area contributed by atoms with Crippen LogP contribution in [0.5, 0.6) is 0 Å². The minimum absolute atomic E-state index is 0.217. The molecule has 0 aliphatic rings. The van der Waals surface area contributed by atoms with Crippen molar-refractivity contribution in [3.8, 4) is 0 Å². The Morgan fingerprint density at radius 1 is 1.41 bits per heavy atom. The van der Waals surface area contributed by atoms with Gasteiger partial charge in [-0.1, -0.05) is 17.7 Å². The van der Waals surface area contributed by atoms with Crippen LogP contribution in [0.15, 0.2) is 30.6 Å². The number of fused-ring (bicyclic) bond motifs is 1. The van der Waals surface area contributed by atoms with Gasteiger partial charge < -0.3 is 9.30 Å². The monoisotopic (exact) mass is 317 g/mol. The Labute approximate surface area is 132 Å². The fraction of sp³-hybridized carbons (Fsp3) is 0.267. The fourth-order valence-corrected chi connectivity index (χ4v) is 2.52. The Bertz CT molecular complexity index is 818. The third-order valence-electron chi connectivity index (χ3n) is 3.62. The smallest absolute Gasteiger partial charge is 0.276 e. The van der Waals surface area contributed by atoms with E-state index in [0.29, 0.717) is 11.6 Å². The number of halogens is 1. The van der Waals surface area contributed by atoms with Crippen molar-refractivity contribution in [1.82, 2.24) is 24.1 Å². The highest BCUT2D eigenvalue weighted by Crippen LogP contribution is 2.21. The average molecular weight is 318 g/mol. The number of carbonyl (C=O) groups is 1. The molecule has 7 heteroatoms. The molecule has 3 heterocycles. The zero-order valence-corrected chi connectivity index (χ0v) is 13.4. The van der Waals surface area contributed by atoms with Gasteiger partial charge in [-0.25, -0.2) is 4.98 Å². The molecular formula is C15H16ClN5O. The lowest BCUT2D eigenvalue weighted by molar-refractivity contribution is 0.0777. The number of carbonyl (C=O) groups excluding carboxylic acids is 1. The highest BCUT2D eigenvalue weighted by molar-refractivity contribution is 6.34. The number of amides is 1. The maximum atomic E-state index is 12.5. The van der Waals surface area contributed by atoms with Crippen LogP contribution in [0, 0.1) is 6.92 Å². The normalized spacial score (nSPS) is 11.1. The van der Waals surface area contributed by atoms with Crippen molar-refractivity contribution in [1.29, 1.82) is 0 Å². The molecule has 0 radical (unpaired) electrons. The summed E-state index contributed by atoms with van der Waals surface area (Å²) in [4.78, 5) is 18.5. The van der Waals surface area contributed by atoms with Crippen LogP contribution in [0.1, 0.15) is 21.9 Å². The van der Waals surface area contributed by atoms with Crippen LogP contribution in [0.4, 0.5) is 0 Å². The lowest BCUT2D eigenvalue weighted by atomic mass is 10.3. The van der Waals surface area contributed by atoms with Crippen LogP contribution in [0.2, 0.25) is 5.02 Å². The van der Waals surface area contributed by atoms with Gasteiger partial charge in [-0.3, -0.25) is 9.48 Å². The zero-order chi connectivity index (χ0) is 15.9. The maximum absolute atomic E-state index is 12.5. The van der Waals surface area contributed by atoms with E-state index in [1.807, 2.05) is 41.9 Å². The molecule has 6 nitrogen and oxygen atoms in total. The molecule has 0 saturated carbocycles. The second-order valence-corrected chi connectivity index (χ2v) is 5.61. The van der Waals surface area contributed by atoms with Gasteiger partial charge in [0.05, 0.1) is 23.0 Å². The van der Waals surface area contributed by atoms with Crippen LogP contribution in [-0.4, -0.2) is 37.0 Å². The first kappa shape index (κ1) is 14.6. The van der Waals surface area contributed by atoms with E-state index in [1.54, 1.807) is 23.7 Å². The number of aryl methyl sites for hydroxylation is 1. The van der Waals surface area contributed by atoms with Gasteiger partial charge in [0.15, 0.2) is 5.69 Å². The van der Waals surface area contributed by atoms with E-state index in [4.69, 9.17) is 11.6 Å². The number of imidazole rings is 1. The van der Waals surface area contributed by atoms with Gasteiger partial charge in [0.1, 0.15) is 5.65 Å². The molecular weight excluding hydrogens is 302 g/mol. The summed E-state index contributed by atoms with van der Waals surface area (Å²) in [7, 11) is 3.48. The summed E-state index contributed by atoms with van der Waals surface area (Å²) in [6, 6.07) is 5.78. The van der Waals surface area contributed by atoms with Gasteiger partial charge in [-0.2, -0.15) is 5.10 Å². The van der Waals surface area contributed by atoms with Gasteiger partial charge in [-0.15, -0.1) is 0 Å². The lowest BCUT2D eigenvalue weighted by Gasteiger charge is -2.14. The Hall–Kier alpha value is -2.34. The van der Waals surface area contributed by atoms with Crippen LogP contribution in [0.3, 0.4) is 0 Å². The molecule has 0 fully saturated rings. The van der Waals surface area contributed by atoms with E-state index >= 15 is 0 Å². The van der Waals surface area contributed by atoms with E-state index in [2.05, 4.69) is 10.1 Å². The third-order valence-corrected chi connectivity index (χ3v) is 4.08. The molecule has 0 saturated heterocycles. The van der Waals surface area contributed by atoms with Crippen molar-refractivity contribution >= 4 is 23.2 Å². The average Bonchev–Trinajstić information content (AvgIpc) is 3.02. The van der Waals surface area contributed by atoms with Crippen molar-refractivity contribution in [3.63, 3.8) is 0 Å². The summed E-state index contributed by atoms with van der Waals surface area (Å²) >= 11 is 6.17. The molecule has 0 aliphatic carbocycles. The molecule has 0 atom stereocenters. The van der Waals surface area contributed by atoms with E-state index in [0.717, 1.165) is 17.0 Å². The van der Waals surface area contributed by atoms with E-state index in [9.17, 15) is 4.79 Å². The van der Waals surface area contributed by atoms with Crippen LogP contribution in [-0.2, 0) is 13.6 Å². The Morgan fingerprint density at radius 3 is 2.82 bits per heavy atom. The fourth-order valence-electron chi connectivity index (χ4n) is 2.28. The number of rotatable bonds is 3. The van der Waals surface area contributed by atoms with Crippen LogP contribution < -0.4 is 0 Å². The molecule has 0 N–H and O–H groups in total. The zero-order valence-electron chi connectivity index (χ0n) is 12.6. The Morgan fingerprint density at radius 2 is 2.18 bits per heavy atom. The SMILES string of the molecule is Cc1c(Cl)c(C(=O)N(C)Cc2cn3ccccc3n2)nn1C. The van der Waals surface area contributed by atoms with Crippen molar-refractivity contribution in [2.24, 2.45) is 7.05 Å². The summed E-state index contributed by atoms with van der Waals surface area (Å²) < 4.78 is 3.53. The van der Waals surface area contributed by atoms with Gasteiger partial charge in [0, 0.05) is 26.5 Å². The van der Waals surface area contributed by atoms with Crippen LogP contribution in [0.25, 0.3) is 5.65 Å². The molecule has 0 unspecified atom stereocenters. The highest BCUT2D eigenvalue weighted by Gasteiger charge is 2.22. The first-order valence-corrected chi connectivity index (χ1v) is 7.22. The van der Waals surface area contributed by atoms with Crippen molar-refractivity contribution in [3.05, 3.63) is 52.7 Å².